The molecule has 0 aliphatic carbocycles. The predicted octanol–water partition coefficient (Wildman–Crippen LogP) is 4.78. The van der Waals surface area contributed by atoms with Gasteiger partial charge in [-0.3, -0.25) is 14.6 Å². The number of carbonyl (C=O) groups is 2. The molecule has 40 heavy (non-hydrogen) atoms. The van der Waals surface area contributed by atoms with Crippen molar-refractivity contribution in [1.29, 1.82) is 0 Å². The van der Waals surface area contributed by atoms with Crippen LogP contribution in [0.1, 0.15) is 54.9 Å². The Kier molecular flexibility index (Phi) is 9.60. The summed E-state index contributed by atoms with van der Waals surface area (Å²) in [5, 5.41) is 17.1. The van der Waals surface area contributed by atoms with E-state index in [0.29, 0.717) is 23.2 Å². The lowest BCUT2D eigenvalue weighted by atomic mass is 9.87. The van der Waals surface area contributed by atoms with Gasteiger partial charge in [-0.15, -0.1) is 0 Å². The highest BCUT2D eigenvalue weighted by Crippen LogP contribution is 2.25. The monoisotopic (exact) mass is 546 g/mol. The largest absolute Gasteiger partial charge is 0.467 e. The Balaban J connectivity index is 1.51. The van der Waals surface area contributed by atoms with Crippen LogP contribution in [0, 0.1) is 5.92 Å². The zero-order valence-electron chi connectivity index (χ0n) is 22.7. The summed E-state index contributed by atoms with van der Waals surface area (Å²) in [4.78, 5) is 35.1. The van der Waals surface area contributed by atoms with E-state index in [1.807, 2.05) is 48.5 Å². The minimum atomic E-state index is -1.48. The molecule has 3 N–H and O–H groups in total. The van der Waals surface area contributed by atoms with Gasteiger partial charge in [-0.1, -0.05) is 42.5 Å². The maximum absolute atomic E-state index is 14.4. The van der Waals surface area contributed by atoms with Crippen molar-refractivity contribution in [2.45, 2.75) is 63.9 Å². The summed E-state index contributed by atoms with van der Waals surface area (Å²) < 4.78 is 19.7. The van der Waals surface area contributed by atoms with Crippen LogP contribution in [0.2, 0.25) is 0 Å². The Morgan fingerprint density at radius 1 is 1.02 bits per heavy atom. The maximum Gasteiger partial charge on any atom is 0.271 e. The number of nitrogens with zero attached hydrogens (tertiary/aromatic N) is 2. The third-order valence-corrected chi connectivity index (χ3v) is 6.76. The molecule has 4 aromatic rings. The van der Waals surface area contributed by atoms with E-state index in [2.05, 4.69) is 20.6 Å². The lowest BCUT2D eigenvalue weighted by molar-refractivity contribution is -0.126. The number of aliphatic hydroxyl groups is 1. The first-order valence-corrected chi connectivity index (χ1v) is 13.4. The Morgan fingerprint density at radius 2 is 1.75 bits per heavy atom. The van der Waals surface area contributed by atoms with Crippen LogP contribution in [-0.4, -0.2) is 44.7 Å². The number of amides is 2. The van der Waals surface area contributed by atoms with E-state index < -0.39 is 29.6 Å². The van der Waals surface area contributed by atoms with Gasteiger partial charge in [-0.2, -0.15) is 0 Å². The van der Waals surface area contributed by atoms with Crippen molar-refractivity contribution in [2.24, 2.45) is 5.92 Å². The molecule has 0 saturated heterocycles. The fraction of sp³-hybridized carbons (Fsp3) is 0.355. The molecule has 210 valence electrons. The Morgan fingerprint density at radius 3 is 2.45 bits per heavy atom. The standard InChI is InChI=1S/C31H35FN4O4/c1-31(2,32)15-14-22(29(38)34-19-23-11-8-16-40-23)18-28(37)26(17-21-9-4-3-5-10-21)36-30(39)27-20-33-24-12-6-7-13-25(24)35-27/h3-13,16,20,22,26,28,37H,14-15,17-19H2,1-2H3,(H,34,38)(H,36,39)/t22-,26+,28+/m1/s1. The van der Waals surface area contributed by atoms with E-state index in [4.69, 9.17) is 4.42 Å². The number of furan rings is 1. The molecule has 0 fully saturated rings. The van der Waals surface area contributed by atoms with Gasteiger partial charge >= 0.3 is 0 Å². The van der Waals surface area contributed by atoms with Crippen LogP contribution in [0.25, 0.3) is 11.0 Å². The van der Waals surface area contributed by atoms with Gasteiger partial charge in [0.2, 0.25) is 5.91 Å². The number of alkyl halides is 1. The topological polar surface area (TPSA) is 117 Å². The smallest absolute Gasteiger partial charge is 0.271 e. The summed E-state index contributed by atoms with van der Waals surface area (Å²) >= 11 is 0. The summed E-state index contributed by atoms with van der Waals surface area (Å²) in [5.41, 5.74) is 0.796. The SMILES string of the molecule is CC(C)(F)CC[C@H](C[C@H](O)[C@H](Cc1ccccc1)NC(=O)c1cnc2ccccc2n1)C(=O)NCc1ccco1. The zero-order chi connectivity index (χ0) is 28.5. The molecule has 0 radical (unpaired) electrons. The second-order valence-electron chi connectivity index (χ2n) is 10.6. The molecule has 0 unspecified atom stereocenters. The van der Waals surface area contributed by atoms with Crippen LogP contribution in [0.4, 0.5) is 4.39 Å². The third kappa shape index (κ3) is 8.44. The van der Waals surface area contributed by atoms with E-state index in [9.17, 15) is 19.1 Å². The minimum absolute atomic E-state index is 0.0290. The van der Waals surface area contributed by atoms with Gasteiger partial charge in [-0.25, -0.2) is 9.37 Å². The van der Waals surface area contributed by atoms with Crippen LogP contribution >= 0.6 is 0 Å². The number of hydrogen-bond donors (Lipinski definition) is 3. The highest BCUT2D eigenvalue weighted by molar-refractivity contribution is 5.94. The average Bonchev–Trinajstić information content (AvgIpc) is 3.47. The number of aromatic nitrogens is 2. The van der Waals surface area contributed by atoms with E-state index in [0.717, 1.165) is 5.56 Å². The van der Waals surface area contributed by atoms with Crippen molar-refractivity contribution in [3.63, 3.8) is 0 Å². The molecule has 0 bridgehead atoms. The molecule has 9 heteroatoms. The summed E-state index contributed by atoms with van der Waals surface area (Å²) in [5.74, 6) is -0.897. The molecule has 8 nitrogen and oxygen atoms in total. The van der Waals surface area contributed by atoms with Crippen LogP contribution in [0.3, 0.4) is 0 Å². The minimum Gasteiger partial charge on any atom is -0.467 e. The van der Waals surface area contributed by atoms with Crippen LogP contribution in [0.5, 0.6) is 0 Å². The summed E-state index contributed by atoms with van der Waals surface area (Å²) in [6.07, 6.45) is 2.54. The Labute approximate surface area is 233 Å². The first-order valence-electron chi connectivity index (χ1n) is 13.4. The molecule has 2 amide bonds. The van der Waals surface area contributed by atoms with Crippen molar-refractivity contribution >= 4 is 22.8 Å². The fourth-order valence-electron chi connectivity index (χ4n) is 4.52. The fourth-order valence-corrected chi connectivity index (χ4v) is 4.52. The Bertz CT molecular complexity index is 1390. The highest BCUT2D eigenvalue weighted by Gasteiger charge is 2.30. The highest BCUT2D eigenvalue weighted by atomic mass is 19.1. The summed E-state index contributed by atoms with van der Waals surface area (Å²) in [7, 11) is 0. The summed E-state index contributed by atoms with van der Waals surface area (Å²) in [6, 6.07) is 19.4. The molecule has 4 rings (SSSR count). The number of aliphatic hydroxyl groups excluding tert-OH is 1. The number of rotatable bonds is 13. The quantitative estimate of drug-likeness (QED) is 0.222. The number of para-hydroxylation sites is 2. The predicted molar refractivity (Wildman–Crippen MR) is 150 cm³/mol. The van der Waals surface area contributed by atoms with Crippen LogP contribution in [-0.2, 0) is 17.8 Å². The average molecular weight is 547 g/mol. The van der Waals surface area contributed by atoms with Crippen molar-refractivity contribution < 1.29 is 23.5 Å². The van der Waals surface area contributed by atoms with Crippen LogP contribution < -0.4 is 10.6 Å². The van der Waals surface area contributed by atoms with E-state index in [1.165, 1.54) is 26.3 Å². The lowest BCUT2D eigenvalue weighted by Crippen LogP contribution is -2.47. The molecular formula is C31H35FN4O4. The van der Waals surface area contributed by atoms with Gasteiger partial charge in [-0.05, 0) is 69.4 Å². The van der Waals surface area contributed by atoms with Crippen molar-refractivity contribution in [3.05, 3.63) is 96.2 Å². The van der Waals surface area contributed by atoms with Gasteiger partial charge in [0.25, 0.3) is 5.91 Å². The molecule has 2 aromatic carbocycles. The molecule has 0 saturated carbocycles. The van der Waals surface area contributed by atoms with Gasteiger partial charge < -0.3 is 20.2 Å². The lowest BCUT2D eigenvalue weighted by Gasteiger charge is -2.28. The number of nitrogens with one attached hydrogen (secondary N) is 2. The first kappa shape index (κ1) is 28.9. The molecule has 0 spiro atoms. The number of benzene rings is 2. The Hall–Kier alpha value is -4.11. The van der Waals surface area contributed by atoms with E-state index in [1.54, 1.807) is 18.2 Å². The number of halogens is 1. The first-order chi connectivity index (χ1) is 19.2. The normalized spacial score (nSPS) is 13.9. The molecular weight excluding hydrogens is 511 g/mol. The van der Waals surface area contributed by atoms with Gasteiger partial charge in [0.1, 0.15) is 17.1 Å². The van der Waals surface area contributed by atoms with Crippen molar-refractivity contribution in [2.75, 3.05) is 0 Å². The number of fused-ring (bicyclic) bond motifs is 1. The molecule has 0 aliphatic heterocycles. The zero-order valence-corrected chi connectivity index (χ0v) is 22.7. The third-order valence-electron chi connectivity index (χ3n) is 6.76. The van der Waals surface area contributed by atoms with Gasteiger partial charge in [0.15, 0.2) is 0 Å². The molecule has 2 heterocycles. The molecule has 3 atom stereocenters. The number of hydrogen-bond acceptors (Lipinski definition) is 6. The molecule has 2 aromatic heterocycles. The van der Waals surface area contributed by atoms with Gasteiger partial charge in [0.05, 0.1) is 42.2 Å². The second kappa shape index (κ2) is 13.3. The second-order valence-corrected chi connectivity index (χ2v) is 10.6. The molecule has 0 aliphatic rings. The summed E-state index contributed by atoms with van der Waals surface area (Å²) in [6.45, 7) is 3.11. The van der Waals surface area contributed by atoms with Gasteiger partial charge in [0, 0.05) is 5.92 Å². The van der Waals surface area contributed by atoms with Crippen LogP contribution in [0.15, 0.2) is 83.6 Å². The van der Waals surface area contributed by atoms with E-state index in [-0.39, 0.29) is 37.4 Å². The number of carbonyl (C=O) groups excluding carboxylic acids is 2. The van der Waals surface area contributed by atoms with Crippen molar-refractivity contribution in [3.8, 4) is 0 Å². The van der Waals surface area contributed by atoms with E-state index >= 15 is 0 Å². The van der Waals surface area contributed by atoms with Crippen molar-refractivity contribution in [1.82, 2.24) is 20.6 Å². The maximum atomic E-state index is 14.4.